The normalized spacial score (nSPS) is 12.0. The number of rotatable bonds is 9. The highest BCUT2D eigenvalue weighted by Gasteiger charge is 2.19. The number of hydrogen-bond donors (Lipinski definition) is 2. The van der Waals surface area contributed by atoms with E-state index in [1.54, 1.807) is 11.8 Å². The molecule has 0 aliphatic heterocycles. The third-order valence-electron chi connectivity index (χ3n) is 3.48. The van der Waals surface area contributed by atoms with E-state index < -0.39 is 17.9 Å². The van der Waals surface area contributed by atoms with E-state index in [-0.39, 0.29) is 6.61 Å². The van der Waals surface area contributed by atoms with E-state index in [2.05, 4.69) is 19.2 Å². The van der Waals surface area contributed by atoms with Crippen LogP contribution in [-0.4, -0.2) is 41.6 Å². The van der Waals surface area contributed by atoms with Gasteiger partial charge in [0.15, 0.2) is 6.61 Å². The molecule has 0 saturated heterocycles. The Bertz CT molecular complexity index is 545. The fourth-order valence-corrected chi connectivity index (χ4v) is 2.74. The van der Waals surface area contributed by atoms with Crippen molar-refractivity contribution in [3.8, 4) is 5.75 Å². The molecule has 1 atom stereocenters. The van der Waals surface area contributed by atoms with Crippen LogP contribution in [0.5, 0.6) is 5.75 Å². The molecule has 1 rings (SSSR count). The monoisotopic (exact) mass is 339 g/mol. The molecule has 1 aromatic rings. The molecule has 0 saturated carbocycles. The van der Waals surface area contributed by atoms with Crippen molar-refractivity contribution in [2.24, 2.45) is 0 Å². The van der Waals surface area contributed by atoms with Crippen LogP contribution in [0.1, 0.15) is 37.3 Å². The second-order valence-electron chi connectivity index (χ2n) is 5.70. The fourth-order valence-electron chi connectivity index (χ4n) is 2.26. The predicted molar refractivity (Wildman–Crippen MR) is 93.3 cm³/mol. The summed E-state index contributed by atoms with van der Waals surface area (Å²) in [6.07, 6.45) is 2.29. The van der Waals surface area contributed by atoms with Gasteiger partial charge >= 0.3 is 5.97 Å². The number of carbonyl (C=O) groups is 2. The second-order valence-corrected chi connectivity index (χ2v) is 6.69. The van der Waals surface area contributed by atoms with Crippen molar-refractivity contribution >= 4 is 23.6 Å². The molecular weight excluding hydrogens is 314 g/mol. The summed E-state index contributed by atoms with van der Waals surface area (Å²) in [6.45, 7) is 6.06. The topological polar surface area (TPSA) is 75.6 Å². The maximum atomic E-state index is 11.8. The molecule has 0 aromatic heterocycles. The molecule has 23 heavy (non-hydrogen) atoms. The zero-order chi connectivity index (χ0) is 17.4. The van der Waals surface area contributed by atoms with Crippen molar-refractivity contribution in [2.45, 2.75) is 39.2 Å². The van der Waals surface area contributed by atoms with Gasteiger partial charge < -0.3 is 15.2 Å². The lowest BCUT2D eigenvalue weighted by Crippen LogP contribution is -2.43. The first-order chi connectivity index (χ1) is 10.8. The molecule has 0 bridgehead atoms. The Kier molecular flexibility index (Phi) is 7.95. The van der Waals surface area contributed by atoms with Gasteiger partial charge in [0.1, 0.15) is 11.8 Å². The summed E-state index contributed by atoms with van der Waals surface area (Å²) in [7, 11) is 0. The van der Waals surface area contributed by atoms with Crippen LogP contribution in [0.2, 0.25) is 0 Å². The highest BCUT2D eigenvalue weighted by molar-refractivity contribution is 7.98. The molecule has 0 fully saturated rings. The number of benzene rings is 1. The summed E-state index contributed by atoms with van der Waals surface area (Å²) in [4.78, 5) is 22.9. The van der Waals surface area contributed by atoms with Crippen LogP contribution in [0, 0.1) is 6.92 Å². The largest absolute Gasteiger partial charge is 0.484 e. The van der Waals surface area contributed by atoms with E-state index in [1.165, 1.54) is 5.56 Å². The molecule has 1 aromatic carbocycles. The van der Waals surface area contributed by atoms with Crippen molar-refractivity contribution < 1.29 is 19.4 Å². The van der Waals surface area contributed by atoms with Crippen LogP contribution < -0.4 is 10.1 Å². The lowest BCUT2D eigenvalue weighted by molar-refractivity contribution is -0.142. The van der Waals surface area contributed by atoms with Crippen LogP contribution in [0.4, 0.5) is 0 Å². The predicted octanol–water partition coefficient (Wildman–Crippen LogP) is 2.82. The maximum absolute atomic E-state index is 11.8. The minimum Gasteiger partial charge on any atom is -0.484 e. The van der Waals surface area contributed by atoms with E-state index in [1.807, 2.05) is 31.4 Å². The van der Waals surface area contributed by atoms with E-state index in [0.717, 1.165) is 5.56 Å². The summed E-state index contributed by atoms with van der Waals surface area (Å²) >= 11 is 1.54. The Balaban J connectivity index is 2.55. The van der Waals surface area contributed by atoms with Crippen molar-refractivity contribution in [1.82, 2.24) is 5.32 Å². The number of carbonyl (C=O) groups excluding carboxylic acids is 1. The molecule has 0 radical (unpaired) electrons. The molecule has 6 heteroatoms. The smallest absolute Gasteiger partial charge is 0.326 e. The standard InChI is InChI=1S/C17H25NO4S/c1-11(2)14-6-5-13(9-12(14)3)22-10-16(19)18-15(17(20)21)7-8-23-4/h5-6,9,11,15H,7-8,10H2,1-4H3,(H,18,19)(H,20,21). The van der Waals surface area contributed by atoms with Crippen molar-refractivity contribution in [3.63, 3.8) is 0 Å². The molecular formula is C17H25NO4S. The SMILES string of the molecule is CSCCC(NC(=O)COc1ccc(C(C)C)c(C)c1)C(=O)O. The molecule has 0 spiro atoms. The molecule has 1 amide bonds. The Hall–Kier alpha value is -1.69. The molecule has 0 heterocycles. The van der Waals surface area contributed by atoms with Gasteiger partial charge in [-0.05, 0) is 54.5 Å². The number of aryl methyl sites for hydroxylation is 1. The summed E-state index contributed by atoms with van der Waals surface area (Å²) in [5.41, 5.74) is 2.35. The van der Waals surface area contributed by atoms with Crippen molar-refractivity contribution in [2.75, 3.05) is 18.6 Å². The maximum Gasteiger partial charge on any atom is 0.326 e. The number of aliphatic carboxylic acids is 1. The first-order valence-electron chi connectivity index (χ1n) is 7.59. The lowest BCUT2D eigenvalue weighted by Gasteiger charge is -2.15. The van der Waals surface area contributed by atoms with Crippen LogP contribution in [-0.2, 0) is 9.59 Å². The Morgan fingerprint density at radius 1 is 1.35 bits per heavy atom. The lowest BCUT2D eigenvalue weighted by atomic mass is 9.98. The minimum absolute atomic E-state index is 0.191. The number of nitrogens with one attached hydrogen (secondary N) is 1. The Morgan fingerprint density at radius 3 is 2.57 bits per heavy atom. The third-order valence-corrected chi connectivity index (χ3v) is 4.12. The van der Waals surface area contributed by atoms with Crippen LogP contribution in [0.25, 0.3) is 0 Å². The van der Waals surface area contributed by atoms with Gasteiger partial charge in [-0.2, -0.15) is 11.8 Å². The number of amides is 1. The first-order valence-corrected chi connectivity index (χ1v) is 8.99. The number of carboxylic acid groups (broad SMARTS) is 1. The first kappa shape index (κ1) is 19.4. The van der Waals surface area contributed by atoms with E-state index in [0.29, 0.717) is 23.8 Å². The third kappa shape index (κ3) is 6.52. The van der Waals surface area contributed by atoms with Crippen LogP contribution >= 0.6 is 11.8 Å². The van der Waals surface area contributed by atoms with E-state index in [9.17, 15) is 9.59 Å². The molecule has 5 nitrogen and oxygen atoms in total. The number of ether oxygens (including phenoxy) is 1. The average Bonchev–Trinajstić information content (AvgIpc) is 2.48. The van der Waals surface area contributed by atoms with Gasteiger partial charge in [-0.15, -0.1) is 0 Å². The number of hydrogen-bond acceptors (Lipinski definition) is 4. The molecule has 1 unspecified atom stereocenters. The summed E-state index contributed by atoms with van der Waals surface area (Å²) in [6, 6.07) is 4.85. The van der Waals surface area contributed by atoms with Crippen LogP contribution in [0.3, 0.4) is 0 Å². The van der Waals surface area contributed by atoms with Gasteiger partial charge in [-0.25, -0.2) is 4.79 Å². The molecule has 128 valence electrons. The zero-order valence-corrected chi connectivity index (χ0v) is 14.9. The molecule has 2 N–H and O–H groups in total. The van der Waals surface area contributed by atoms with Gasteiger partial charge in [0.05, 0.1) is 0 Å². The average molecular weight is 339 g/mol. The van der Waals surface area contributed by atoms with Gasteiger partial charge in [0.2, 0.25) is 0 Å². The minimum atomic E-state index is -1.02. The highest BCUT2D eigenvalue weighted by atomic mass is 32.2. The molecule has 0 aliphatic rings. The quantitative estimate of drug-likeness (QED) is 0.723. The fraction of sp³-hybridized carbons (Fsp3) is 0.529. The number of carboxylic acids is 1. The summed E-state index contributed by atoms with van der Waals surface area (Å²) in [5.74, 6) is 0.264. The van der Waals surface area contributed by atoms with Gasteiger partial charge in [-0.1, -0.05) is 19.9 Å². The molecule has 0 aliphatic carbocycles. The summed E-state index contributed by atoms with van der Waals surface area (Å²) < 4.78 is 5.46. The van der Waals surface area contributed by atoms with Gasteiger partial charge in [-0.3, -0.25) is 4.79 Å². The zero-order valence-electron chi connectivity index (χ0n) is 14.1. The van der Waals surface area contributed by atoms with E-state index >= 15 is 0 Å². The van der Waals surface area contributed by atoms with Gasteiger partial charge in [0.25, 0.3) is 5.91 Å². The Labute approximate surface area is 141 Å². The summed E-state index contributed by atoms with van der Waals surface area (Å²) in [5, 5.41) is 11.6. The number of thioether (sulfide) groups is 1. The Morgan fingerprint density at radius 2 is 2.04 bits per heavy atom. The van der Waals surface area contributed by atoms with Crippen molar-refractivity contribution in [3.05, 3.63) is 29.3 Å². The van der Waals surface area contributed by atoms with E-state index in [4.69, 9.17) is 9.84 Å². The van der Waals surface area contributed by atoms with Gasteiger partial charge in [0, 0.05) is 0 Å². The van der Waals surface area contributed by atoms with Crippen LogP contribution in [0.15, 0.2) is 18.2 Å². The van der Waals surface area contributed by atoms with Crippen molar-refractivity contribution in [1.29, 1.82) is 0 Å². The highest BCUT2D eigenvalue weighted by Crippen LogP contribution is 2.23. The second kappa shape index (κ2) is 9.45.